The summed E-state index contributed by atoms with van der Waals surface area (Å²) in [5.74, 6) is -0.341. The lowest BCUT2D eigenvalue weighted by Crippen LogP contribution is -2.28. The Morgan fingerprint density at radius 1 is 1.40 bits per heavy atom. The molecule has 0 aliphatic carbocycles. The number of hydrogen-bond acceptors (Lipinski definition) is 5. The number of aryl methyl sites for hydroxylation is 3. The van der Waals surface area contributed by atoms with Crippen molar-refractivity contribution in [2.75, 3.05) is 12.4 Å². The Bertz CT molecular complexity index is 780. The highest BCUT2D eigenvalue weighted by Crippen LogP contribution is 2.33. The van der Waals surface area contributed by atoms with Crippen LogP contribution in [0.1, 0.15) is 45.9 Å². The molecule has 2 rings (SSSR count). The summed E-state index contributed by atoms with van der Waals surface area (Å²) in [5.41, 5.74) is 3.65. The Labute approximate surface area is 157 Å². The second-order valence-corrected chi connectivity index (χ2v) is 7.22. The predicted molar refractivity (Wildman–Crippen MR) is 105 cm³/mol. The minimum atomic E-state index is -0.341. The molecule has 136 valence electrons. The lowest BCUT2D eigenvalue weighted by Gasteiger charge is -2.10. The van der Waals surface area contributed by atoms with Gasteiger partial charge in [-0.25, -0.2) is 4.79 Å². The summed E-state index contributed by atoms with van der Waals surface area (Å²) in [4.78, 5) is 13.2. The first-order valence-corrected chi connectivity index (χ1v) is 9.42. The number of rotatable bonds is 6. The summed E-state index contributed by atoms with van der Waals surface area (Å²) < 4.78 is 6.82. The van der Waals surface area contributed by atoms with E-state index in [2.05, 4.69) is 22.7 Å². The van der Waals surface area contributed by atoms with E-state index in [0.717, 1.165) is 39.7 Å². The number of ether oxygens (including phenoxy) is 1. The lowest BCUT2D eigenvalue weighted by molar-refractivity contribution is 0.0601. The number of methoxy groups -OCH3 is 1. The number of carbonyl (C=O) groups excluding carboxylic acids is 1. The van der Waals surface area contributed by atoms with Crippen LogP contribution in [-0.4, -0.2) is 28.0 Å². The highest BCUT2D eigenvalue weighted by Gasteiger charge is 2.22. The van der Waals surface area contributed by atoms with Gasteiger partial charge in [0.15, 0.2) is 5.11 Å². The van der Waals surface area contributed by atoms with Gasteiger partial charge in [0.2, 0.25) is 0 Å². The fourth-order valence-electron chi connectivity index (χ4n) is 2.63. The third-order valence-corrected chi connectivity index (χ3v) is 5.30. The fraction of sp³-hybridized carbons (Fsp3) is 0.471. The van der Waals surface area contributed by atoms with Crippen LogP contribution >= 0.6 is 23.6 Å². The van der Waals surface area contributed by atoms with Gasteiger partial charge in [-0.15, -0.1) is 11.3 Å². The zero-order valence-corrected chi connectivity index (χ0v) is 16.9. The van der Waals surface area contributed by atoms with Gasteiger partial charge in [-0.05, 0) is 45.0 Å². The average Bonchev–Trinajstić information content (AvgIpc) is 3.11. The quantitative estimate of drug-likeness (QED) is 0.591. The Balaban J connectivity index is 2.10. The normalized spacial score (nSPS) is 10.6. The van der Waals surface area contributed by atoms with Gasteiger partial charge in [0, 0.05) is 29.7 Å². The molecule has 0 aliphatic rings. The highest BCUT2D eigenvalue weighted by molar-refractivity contribution is 7.80. The number of esters is 1. The molecule has 2 heterocycles. The van der Waals surface area contributed by atoms with Crippen molar-refractivity contribution >= 4 is 39.6 Å². The van der Waals surface area contributed by atoms with E-state index in [-0.39, 0.29) is 5.97 Å². The number of aromatic nitrogens is 2. The molecule has 25 heavy (non-hydrogen) atoms. The molecule has 0 fully saturated rings. The number of thiocarbonyl (C=S) groups is 1. The van der Waals surface area contributed by atoms with Crippen LogP contribution in [-0.2, 0) is 24.2 Å². The van der Waals surface area contributed by atoms with E-state index >= 15 is 0 Å². The number of nitrogens with zero attached hydrogens (tertiary/aromatic N) is 2. The molecule has 0 amide bonds. The summed E-state index contributed by atoms with van der Waals surface area (Å²) >= 11 is 6.90. The molecule has 0 unspecified atom stereocenters. The topological polar surface area (TPSA) is 68.2 Å². The number of hydrogen-bond donors (Lipinski definition) is 2. The summed E-state index contributed by atoms with van der Waals surface area (Å²) in [7, 11) is 1.39. The third kappa shape index (κ3) is 4.38. The average molecular weight is 381 g/mol. The van der Waals surface area contributed by atoms with E-state index in [1.807, 2.05) is 31.6 Å². The first kappa shape index (κ1) is 19.4. The Morgan fingerprint density at radius 3 is 2.68 bits per heavy atom. The van der Waals surface area contributed by atoms with Crippen molar-refractivity contribution in [2.45, 2.75) is 47.2 Å². The summed E-state index contributed by atoms with van der Waals surface area (Å²) in [6.07, 6.45) is 2.78. The molecule has 6 nitrogen and oxygen atoms in total. The van der Waals surface area contributed by atoms with Gasteiger partial charge in [-0.1, -0.05) is 6.92 Å². The van der Waals surface area contributed by atoms with Gasteiger partial charge in [-0.2, -0.15) is 5.10 Å². The van der Waals surface area contributed by atoms with Crippen LogP contribution in [0.15, 0.2) is 6.20 Å². The molecule has 0 spiro atoms. The first-order valence-electron chi connectivity index (χ1n) is 8.19. The molecule has 0 atom stereocenters. The van der Waals surface area contributed by atoms with E-state index in [0.29, 0.717) is 17.2 Å². The molecule has 2 aromatic rings. The fourth-order valence-corrected chi connectivity index (χ4v) is 4.00. The zero-order valence-electron chi connectivity index (χ0n) is 15.2. The van der Waals surface area contributed by atoms with Crippen LogP contribution in [0.4, 0.5) is 5.00 Å². The van der Waals surface area contributed by atoms with E-state index in [9.17, 15) is 4.79 Å². The molecule has 0 saturated carbocycles. The molecule has 8 heteroatoms. The summed E-state index contributed by atoms with van der Waals surface area (Å²) in [6, 6.07) is 0. The van der Waals surface area contributed by atoms with Crippen LogP contribution < -0.4 is 10.6 Å². The molecule has 0 aliphatic heterocycles. The van der Waals surface area contributed by atoms with Crippen molar-refractivity contribution in [1.82, 2.24) is 15.1 Å². The number of thiophene rings is 1. The van der Waals surface area contributed by atoms with Crippen molar-refractivity contribution < 1.29 is 9.53 Å². The standard InChI is InChI=1S/C17H24N4O2S2/c1-6-13-11(4)25-15(14(13)16(22)23-5)19-17(24)18-8-12-9-21(7-2)20-10(12)3/h9H,6-8H2,1-5H3,(H2,18,19,24). The predicted octanol–water partition coefficient (Wildman–Crippen LogP) is 3.42. The first-order chi connectivity index (χ1) is 11.9. The largest absolute Gasteiger partial charge is 0.465 e. The van der Waals surface area contributed by atoms with Crippen LogP contribution in [0.3, 0.4) is 0 Å². The van der Waals surface area contributed by atoms with Crippen LogP contribution in [0, 0.1) is 13.8 Å². The molecular formula is C17H24N4O2S2. The summed E-state index contributed by atoms with van der Waals surface area (Å²) in [6.45, 7) is 9.46. The SMILES string of the molecule is CCc1c(C)sc(NC(=S)NCc2cn(CC)nc2C)c1C(=O)OC. The van der Waals surface area contributed by atoms with Crippen molar-refractivity contribution in [3.05, 3.63) is 33.5 Å². The number of anilines is 1. The minimum Gasteiger partial charge on any atom is -0.465 e. The smallest absolute Gasteiger partial charge is 0.341 e. The van der Waals surface area contributed by atoms with Crippen molar-refractivity contribution in [1.29, 1.82) is 0 Å². The van der Waals surface area contributed by atoms with E-state index in [1.54, 1.807) is 0 Å². The summed E-state index contributed by atoms with van der Waals surface area (Å²) in [5, 5.41) is 11.9. The number of nitrogens with one attached hydrogen (secondary N) is 2. The van der Waals surface area contributed by atoms with E-state index in [1.165, 1.54) is 18.4 Å². The van der Waals surface area contributed by atoms with E-state index in [4.69, 9.17) is 17.0 Å². The third-order valence-electron chi connectivity index (χ3n) is 3.99. The van der Waals surface area contributed by atoms with Crippen molar-refractivity contribution in [3.63, 3.8) is 0 Å². The lowest BCUT2D eigenvalue weighted by atomic mass is 10.1. The molecule has 2 aromatic heterocycles. The maximum atomic E-state index is 12.1. The Morgan fingerprint density at radius 2 is 2.12 bits per heavy atom. The molecule has 0 aromatic carbocycles. The van der Waals surface area contributed by atoms with Gasteiger partial charge in [0.1, 0.15) is 5.00 Å². The molecule has 2 N–H and O–H groups in total. The van der Waals surface area contributed by atoms with Crippen LogP contribution in [0.5, 0.6) is 0 Å². The zero-order chi connectivity index (χ0) is 18.6. The van der Waals surface area contributed by atoms with Crippen LogP contribution in [0.25, 0.3) is 0 Å². The van der Waals surface area contributed by atoms with Gasteiger partial charge < -0.3 is 15.4 Å². The Kier molecular flexibility index (Phi) is 6.55. The Hall–Kier alpha value is -1.93. The van der Waals surface area contributed by atoms with Gasteiger partial charge in [0.05, 0.1) is 18.4 Å². The van der Waals surface area contributed by atoms with Gasteiger partial charge in [0.25, 0.3) is 0 Å². The van der Waals surface area contributed by atoms with Crippen molar-refractivity contribution in [2.24, 2.45) is 0 Å². The highest BCUT2D eigenvalue weighted by atomic mass is 32.1. The van der Waals surface area contributed by atoms with Gasteiger partial charge in [-0.3, -0.25) is 4.68 Å². The minimum absolute atomic E-state index is 0.341. The molecule has 0 bridgehead atoms. The molecule has 0 radical (unpaired) electrons. The molecular weight excluding hydrogens is 356 g/mol. The van der Waals surface area contributed by atoms with Crippen LogP contribution in [0.2, 0.25) is 0 Å². The second kappa shape index (κ2) is 8.44. The van der Waals surface area contributed by atoms with E-state index < -0.39 is 0 Å². The van der Waals surface area contributed by atoms with Gasteiger partial charge >= 0.3 is 5.97 Å². The van der Waals surface area contributed by atoms with Crippen molar-refractivity contribution in [3.8, 4) is 0 Å². The number of carbonyl (C=O) groups is 1. The maximum Gasteiger partial charge on any atom is 0.341 e. The second-order valence-electron chi connectivity index (χ2n) is 5.59. The molecule has 0 saturated heterocycles. The maximum absolute atomic E-state index is 12.1. The monoisotopic (exact) mass is 380 g/mol.